The molecule has 0 aliphatic heterocycles. The second-order valence-electron chi connectivity index (χ2n) is 3.36. The zero-order chi connectivity index (χ0) is 13.9. The van der Waals surface area contributed by atoms with Crippen LogP contribution in [0.25, 0.3) is 0 Å². The minimum Gasteiger partial charge on any atom is -0.480 e. The summed E-state index contributed by atoms with van der Waals surface area (Å²) in [6, 6.07) is 2.39. The molecule has 5 nitrogen and oxygen atoms in total. The molecule has 0 saturated carbocycles. The van der Waals surface area contributed by atoms with Crippen LogP contribution in [0.15, 0.2) is 24.3 Å². The summed E-state index contributed by atoms with van der Waals surface area (Å²) in [7, 11) is 0. The van der Waals surface area contributed by atoms with Gasteiger partial charge in [0.15, 0.2) is 0 Å². The van der Waals surface area contributed by atoms with E-state index >= 15 is 0 Å². The van der Waals surface area contributed by atoms with Crippen molar-refractivity contribution in [1.82, 2.24) is 0 Å². The van der Waals surface area contributed by atoms with E-state index in [0.29, 0.717) is 4.90 Å². The Kier molecular flexibility index (Phi) is 3.79. The van der Waals surface area contributed by atoms with Crippen LogP contribution >= 0.6 is 0 Å². The fourth-order valence-corrected chi connectivity index (χ4v) is 1.26. The third-order valence-corrected chi connectivity index (χ3v) is 2.07. The van der Waals surface area contributed by atoms with Crippen LogP contribution in [0, 0.1) is 0 Å². The predicted octanol–water partition coefficient (Wildman–Crippen LogP) is 1.68. The number of amides is 2. The summed E-state index contributed by atoms with van der Waals surface area (Å²) in [6.07, 6.45) is -4.50. The quantitative estimate of drug-likeness (QED) is 0.869. The number of carbonyl (C=O) groups excluding carboxylic acids is 1. The van der Waals surface area contributed by atoms with Gasteiger partial charge in [-0.1, -0.05) is 0 Å². The number of nitrogens with zero attached hydrogens (tertiary/aromatic N) is 1. The molecule has 8 heteroatoms. The standard InChI is InChI=1S/C10H9F3N2O3/c11-10(12,13)6-1-3-7(4-2-6)15(9(14)18)5-8(16)17/h1-4H,5H2,(H2,14,18)(H,16,17). The minimum absolute atomic E-state index is 0.0158. The molecule has 0 radical (unpaired) electrons. The molecule has 18 heavy (non-hydrogen) atoms. The van der Waals surface area contributed by atoms with Crippen LogP contribution in [0.5, 0.6) is 0 Å². The Morgan fingerprint density at radius 2 is 1.72 bits per heavy atom. The normalized spacial score (nSPS) is 11.1. The van der Waals surface area contributed by atoms with Crippen LogP contribution in [-0.4, -0.2) is 23.7 Å². The molecule has 0 aliphatic carbocycles. The van der Waals surface area contributed by atoms with Gasteiger partial charge in [-0.3, -0.25) is 9.69 Å². The molecule has 0 aromatic heterocycles. The first-order valence-corrected chi connectivity index (χ1v) is 4.68. The summed E-state index contributed by atoms with van der Waals surface area (Å²) in [5.41, 5.74) is 4.03. The van der Waals surface area contributed by atoms with Gasteiger partial charge in [-0.25, -0.2) is 4.79 Å². The number of hydrogen-bond acceptors (Lipinski definition) is 2. The molecule has 0 unspecified atom stereocenters. The molecule has 0 heterocycles. The van der Waals surface area contributed by atoms with Gasteiger partial charge in [0, 0.05) is 5.69 Å². The number of hydrogen-bond donors (Lipinski definition) is 2. The Labute approximate surface area is 99.6 Å². The van der Waals surface area contributed by atoms with Gasteiger partial charge in [0.05, 0.1) is 5.56 Å². The second-order valence-corrected chi connectivity index (χ2v) is 3.36. The van der Waals surface area contributed by atoms with E-state index in [0.717, 1.165) is 24.3 Å². The largest absolute Gasteiger partial charge is 0.480 e. The maximum absolute atomic E-state index is 12.3. The number of alkyl halides is 3. The molecule has 0 bridgehead atoms. The molecule has 0 aliphatic rings. The highest BCUT2D eigenvalue weighted by atomic mass is 19.4. The summed E-state index contributed by atoms with van der Waals surface area (Å²) in [4.78, 5) is 22.1. The smallest absolute Gasteiger partial charge is 0.416 e. The Hall–Kier alpha value is -2.25. The third-order valence-electron chi connectivity index (χ3n) is 2.07. The lowest BCUT2D eigenvalue weighted by molar-refractivity contribution is -0.138. The van der Waals surface area contributed by atoms with Crippen LogP contribution in [0.1, 0.15) is 5.56 Å². The molecule has 1 rings (SSSR count). The van der Waals surface area contributed by atoms with E-state index in [9.17, 15) is 22.8 Å². The molecule has 1 aromatic carbocycles. The third kappa shape index (κ3) is 3.37. The molecule has 0 atom stereocenters. The van der Waals surface area contributed by atoms with Gasteiger partial charge in [0.25, 0.3) is 0 Å². The average Bonchev–Trinajstić information content (AvgIpc) is 2.24. The molecular weight excluding hydrogens is 253 g/mol. The molecular formula is C10H9F3N2O3. The Morgan fingerprint density at radius 1 is 1.22 bits per heavy atom. The van der Waals surface area contributed by atoms with Crippen LogP contribution in [-0.2, 0) is 11.0 Å². The number of anilines is 1. The summed E-state index contributed by atoms with van der Waals surface area (Å²) in [5.74, 6) is -1.33. The van der Waals surface area contributed by atoms with Crippen molar-refractivity contribution in [3.05, 3.63) is 29.8 Å². The number of benzene rings is 1. The molecule has 2 amide bonds. The maximum Gasteiger partial charge on any atom is 0.416 e. The van der Waals surface area contributed by atoms with Crippen molar-refractivity contribution >= 4 is 17.7 Å². The average molecular weight is 262 g/mol. The Bertz CT molecular complexity index is 456. The van der Waals surface area contributed by atoms with Crippen LogP contribution in [0.2, 0.25) is 0 Å². The number of carboxylic acid groups (broad SMARTS) is 1. The van der Waals surface area contributed by atoms with Gasteiger partial charge in [-0.05, 0) is 24.3 Å². The molecule has 0 spiro atoms. The number of halogens is 3. The van der Waals surface area contributed by atoms with E-state index in [1.165, 1.54) is 0 Å². The number of carboxylic acids is 1. The van der Waals surface area contributed by atoms with Crippen molar-refractivity contribution < 1.29 is 27.9 Å². The second kappa shape index (κ2) is 4.94. The first-order chi connectivity index (χ1) is 8.21. The number of rotatable bonds is 3. The summed E-state index contributed by atoms with van der Waals surface area (Å²) in [6.45, 7) is -0.722. The van der Waals surface area contributed by atoms with E-state index in [1.54, 1.807) is 0 Å². The van der Waals surface area contributed by atoms with Crippen molar-refractivity contribution in [2.45, 2.75) is 6.18 Å². The van der Waals surface area contributed by atoms with Crippen molar-refractivity contribution in [1.29, 1.82) is 0 Å². The van der Waals surface area contributed by atoms with E-state index in [2.05, 4.69) is 0 Å². The van der Waals surface area contributed by atoms with Crippen molar-refractivity contribution in [2.75, 3.05) is 11.4 Å². The van der Waals surface area contributed by atoms with Crippen molar-refractivity contribution in [3.63, 3.8) is 0 Å². The first-order valence-electron chi connectivity index (χ1n) is 4.68. The number of carbonyl (C=O) groups is 2. The zero-order valence-electron chi connectivity index (χ0n) is 8.94. The van der Waals surface area contributed by atoms with Crippen LogP contribution in [0.3, 0.4) is 0 Å². The number of primary amides is 1. The maximum atomic E-state index is 12.3. The van der Waals surface area contributed by atoms with Crippen LogP contribution in [0.4, 0.5) is 23.7 Å². The number of aliphatic carboxylic acids is 1. The van der Waals surface area contributed by atoms with Crippen molar-refractivity contribution in [2.24, 2.45) is 5.73 Å². The lowest BCUT2D eigenvalue weighted by Gasteiger charge is -2.18. The zero-order valence-corrected chi connectivity index (χ0v) is 8.94. The number of urea groups is 1. The highest BCUT2D eigenvalue weighted by Gasteiger charge is 2.30. The first kappa shape index (κ1) is 13.8. The minimum atomic E-state index is -4.50. The predicted molar refractivity (Wildman–Crippen MR) is 56.0 cm³/mol. The lowest BCUT2D eigenvalue weighted by atomic mass is 10.2. The summed E-state index contributed by atoms with van der Waals surface area (Å²) in [5, 5.41) is 8.55. The van der Waals surface area contributed by atoms with Crippen molar-refractivity contribution in [3.8, 4) is 0 Å². The molecule has 0 fully saturated rings. The Balaban J connectivity index is 3.01. The van der Waals surface area contributed by atoms with Gasteiger partial charge in [-0.2, -0.15) is 13.2 Å². The highest BCUT2D eigenvalue weighted by molar-refractivity contribution is 5.95. The molecule has 3 N–H and O–H groups in total. The van der Waals surface area contributed by atoms with Gasteiger partial charge in [0.1, 0.15) is 6.54 Å². The summed E-state index contributed by atoms with van der Waals surface area (Å²) >= 11 is 0. The van der Waals surface area contributed by atoms with Gasteiger partial charge >= 0.3 is 18.2 Å². The van der Waals surface area contributed by atoms with Gasteiger partial charge in [-0.15, -0.1) is 0 Å². The molecule has 98 valence electrons. The monoisotopic (exact) mass is 262 g/mol. The van der Waals surface area contributed by atoms with E-state index in [4.69, 9.17) is 10.8 Å². The topological polar surface area (TPSA) is 83.6 Å². The molecule has 1 aromatic rings. The SMILES string of the molecule is NC(=O)N(CC(=O)O)c1ccc(C(F)(F)F)cc1. The molecule has 0 saturated heterocycles. The lowest BCUT2D eigenvalue weighted by Crippen LogP contribution is -2.39. The van der Waals surface area contributed by atoms with E-state index in [-0.39, 0.29) is 5.69 Å². The fraction of sp³-hybridized carbons (Fsp3) is 0.200. The fourth-order valence-electron chi connectivity index (χ4n) is 1.26. The van der Waals surface area contributed by atoms with Crippen LogP contribution < -0.4 is 10.6 Å². The Morgan fingerprint density at radius 3 is 2.06 bits per heavy atom. The highest BCUT2D eigenvalue weighted by Crippen LogP contribution is 2.30. The van der Waals surface area contributed by atoms with E-state index < -0.39 is 30.3 Å². The summed E-state index contributed by atoms with van der Waals surface area (Å²) < 4.78 is 36.9. The van der Waals surface area contributed by atoms with Gasteiger partial charge in [0.2, 0.25) is 0 Å². The number of nitrogens with two attached hydrogens (primary N) is 1. The van der Waals surface area contributed by atoms with Gasteiger partial charge < -0.3 is 10.8 Å². The van der Waals surface area contributed by atoms with E-state index in [1.807, 2.05) is 0 Å².